The summed E-state index contributed by atoms with van der Waals surface area (Å²) < 4.78 is 50.8. The quantitative estimate of drug-likeness (QED) is 0.0489. The number of ether oxygens (including phenoxy) is 9. The van der Waals surface area contributed by atoms with Crippen molar-refractivity contribution in [3.63, 3.8) is 0 Å². The van der Waals surface area contributed by atoms with Gasteiger partial charge in [0, 0.05) is 134 Å². The predicted molar refractivity (Wildman–Crippen MR) is 458 cm³/mol. The van der Waals surface area contributed by atoms with Crippen LogP contribution in [0.15, 0.2) is 189 Å². The average Bonchev–Trinajstić information content (AvgIpc) is 1.63. The fraction of sp³-hybridized carbons (Fsp3) is 0.253. The van der Waals surface area contributed by atoms with E-state index in [1.54, 1.807) is 43.1 Å². The second-order valence-corrected chi connectivity index (χ2v) is 29.4. The van der Waals surface area contributed by atoms with E-state index in [0.717, 1.165) is 165 Å². The second-order valence-electron chi connectivity index (χ2n) is 29.4. The van der Waals surface area contributed by atoms with Gasteiger partial charge in [-0.15, -0.1) is 0 Å². The largest absolute Gasteiger partial charge is 0.489 e. The van der Waals surface area contributed by atoms with Crippen LogP contribution in [-0.2, 0) is 28.5 Å². The molecule has 27 heteroatoms. The maximum absolute atomic E-state index is 11.2. The van der Waals surface area contributed by atoms with Crippen molar-refractivity contribution in [2.24, 2.45) is 0 Å². The highest BCUT2D eigenvalue weighted by Gasteiger charge is 2.26. The number of aliphatic hydroxyl groups is 1. The van der Waals surface area contributed by atoms with Crippen LogP contribution in [0.5, 0.6) is 23.0 Å². The number of nitriles is 5. The number of hydrogen-bond acceptors (Lipinski definition) is 22. The number of carbonyl (C=O) groups is 1. The average molecular weight is 1620 g/mol. The number of nitrogens with zero attached hydrogens (tertiary/aromatic N) is 11. The van der Waals surface area contributed by atoms with Crippen LogP contribution < -0.4 is 29.2 Å². The number of rotatable bonds is 16. The lowest BCUT2D eigenvalue weighted by Crippen LogP contribution is -2.38. The molecule has 14 aromatic rings. The lowest BCUT2D eigenvalue weighted by atomic mass is 10.0. The van der Waals surface area contributed by atoms with Crippen LogP contribution >= 0.6 is 0 Å². The minimum Gasteiger partial charge on any atom is -0.489 e. The maximum Gasteiger partial charge on any atom is 0.222 e. The summed E-state index contributed by atoms with van der Waals surface area (Å²) in [4.78, 5) is 48.4. The van der Waals surface area contributed by atoms with Gasteiger partial charge < -0.3 is 77.9 Å². The molecular weight excluding hydrogens is 1540 g/mol. The Morgan fingerprint density at radius 1 is 0.418 bits per heavy atom. The Labute approximate surface area is 702 Å². The van der Waals surface area contributed by atoms with Crippen molar-refractivity contribution in [3.8, 4) is 132 Å². The van der Waals surface area contributed by atoms with E-state index < -0.39 is 0 Å². The summed E-state index contributed by atoms with van der Waals surface area (Å²) in [5.74, 6) is 8.22. The molecule has 1 amide bonds. The van der Waals surface area contributed by atoms with Crippen LogP contribution in [0.3, 0.4) is 0 Å². The Balaban J connectivity index is 0.000000121. The number of benzene rings is 5. The molecule has 9 aromatic heterocycles. The lowest BCUT2D eigenvalue weighted by molar-refractivity contribution is -0.114. The van der Waals surface area contributed by atoms with Gasteiger partial charge >= 0.3 is 0 Å². The summed E-state index contributed by atoms with van der Waals surface area (Å²) in [7, 11) is 0. The van der Waals surface area contributed by atoms with E-state index >= 15 is 0 Å². The Kier molecular flexibility index (Phi) is 25.4. The lowest BCUT2D eigenvalue weighted by Gasteiger charge is -2.28. The molecule has 19 rings (SSSR count). The van der Waals surface area contributed by atoms with E-state index in [1.165, 1.54) is 12.6 Å². The van der Waals surface area contributed by atoms with Crippen molar-refractivity contribution < 1.29 is 52.5 Å². The number of aromatic nitrogens is 9. The highest BCUT2D eigenvalue weighted by molar-refractivity contribution is 5.99. The normalized spacial score (nSPS) is 14.8. The highest BCUT2D eigenvalue weighted by atomic mass is 16.6. The van der Waals surface area contributed by atoms with Crippen molar-refractivity contribution in [1.82, 2.24) is 44.9 Å². The molecule has 5 fully saturated rings. The van der Waals surface area contributed by atoms with Crippen LogP contribution in [0.4, 0.5) is 11.5 Å². The number of aliphatic hydroxyl groups excluding tert-OH is 1. The van der Waals surface area contributed by atoms with Crippen molar-refractivity contribution in [3.05, 3.63) is 222 Å². The molecule has 122 heavy (non-hydrogen) atoms. The smallest absolute Gasteiger partial charge is 0.222 e. The number of pyridine rings is 5. The molecule has 5 aromatic carbocycles. The van der Waals surface area contributed by atoms with Crippen molar-refractivity contribution in [2.75, 3.05) is 96.0 Å². The van der Waals surface area contributed by atoms with Crippen LogP contribution in [0, 0.1) is 68.5 Å². The van der Waals surface area contributed by atoms with Gasteiger partial charge in [0.25, 0.3) is 0 Å². The van der Waals surface area contributed by atoms with Crippen LogP contribution in [0.1, 0.15) is 79.1 Å². The van der Waals surface area contributed by atoms with E-state index in [9.17, 15) is 25.8 Å². The van der Waals surface area contributed by atoms with Gasteiger partial charge in [0.15, 0.2) is 0 Å². The summed E-state index contributed by atoms with van der Waals surface area (Å²) in [5, 5.41) is 63.0. The summed E-state index contributed by atoms with van der Waals surface area (Å²) in [5.41, 5.74) is 18.6. The third-order valence-electron chi connectivity index (χ3n) is 21.4. The maximum atomic E-state index is 11.2. The predicted octanol–water partition coefficient (Wildman–Crippen LogP) is 15.6. The molecule has 5 aliphatic rings. The number of nitrogens with one attached hydrogen (secondary N) is 5. The molecule has 6 N–H and O–H groups in total. The molecule has 14 heterocycles. The molecule has 0 atom stereocenters. The number of aromatic amines is 4. The fourth-order valence-electron chi connectivity index (χ4n) is 15.1. The number of amides is 1. The minimum absolute atomic E-state index is 0.0208. The number of H-pyrrole nitrogens is 4. The molecule has 5 saturated heterocycles. The molecule has 0 spiro atoms. The summed E-state index contributed by atoms with van der Waals surface area (Å²) in [6.07, 6.45) is 13.9. The Hall–Kier alpha value is -14.8. The zero-order valence-corrected chi connectivity index (χ0v) is 66.6. The van der Waals surface area contributed by atoms with Gasteiger partial charge in [-0.05, 0) is 177 Å². The van der Waals surface area contributed by atoms with Gasteiger partial charge in [0.2, 0.25) is 5.91 Å². The van der Waals surface area contributed by atoms with E-state index in [-0.39, 0.29) is 36.9 Å². The minimum atomic E-state index is -0.199. The van der Waals surface area contributed by atoms with Gasteiger partial charge in [-0.25, -0.2) is 24.9 Å². The number of hydrogen-bond donors (Lipinski definition) is 6. The highest BCUT2D eigenvalue weighted by Crippen LogP contribution is 2.40. The fourth-order valence-corrected chi connectivity index (χ4v) is 15.1. The second kappa shape index (κ2) is 38.3. The zero-order chi connectivity index (χ0) is 83.7. The molecule has 0 radical (unpaired) electrons. The molecular formula is C95H82N16O11. The molecule has 0 aliphatic carbocycles. The zero-order valence-electron chi connectivity index (χ0n) is 66.6. The van der Waals surface area contributed by atoms with E-state index in [4.69, 9.17) is 53.0 Å². The number of anilines is 2. The molecule has 0 saturated carbocycles. The van der Waals surface area contributed by atoms with Crippen molar-refractivity contribution >= 4 is 61.5 Å². The Morgan fingerprint density at radius 3 is 1.16 bits per heavy atom. The first-order chi connectivity index (χ1) is 59.9. The third-order valence-corrected chi connectivity index (χ3v) is 21.4. The summed E-state index contributed by atoms with van der Waals surface area (Å²) >= 11 is 0. The number of morpholine rings is 1. The van der Waals surface area contributed by atoms with Gasteiger partial charge in [-0.2, -0.15) is 26.3 Å². The summed E-state index contributed by atoms with van der Waals surface area (Å²) in [6, 6.07) is 61.6. The van der Waals surface area contributed by atoms with Crippen LogP contribution in [-0.4, -0.2) is 166 Å². The van der Waals surface area contributed by atoms with Crippen LogP contribution in [0.25, 0.3) is 111 Å². The van der Waals surface area contributed by atoms with E-state index in [0.29, 0.717) is 127 Å². The first-order valence-electron chi connectivity index (χ1n) is 40.2. The van der Waals surface area contributed by atoms with Crippen molar-refractivity contribution in [2.45, 2.75) is 69.9 Å². The molecule has 608 valence electrons. The first kappa shape index (κ1) is 81.0. The standard InChI is InChI=1S/C27H24N4O3.C26H23N5O3.C22H19N3O3.C20H16N4O2/c28-15-20-13-19(3-6-26(20)34-22-16-33-17-22)23-7-8-29-27-24(23)14-25(30-27)18-1-4-21(5-2-18)31-9-11-32-12-10-31;1-16(32)30-25-5-3-18(15-29-25)23-13-22-21(6-9-28-26(22)31-23)17-2-4-24(19(12-17)14-27)34-20-7-10-33-11-8-20;23-14-16-12-15(3-4-21(16)28-18-6-10-27-11-7-18)19-5-8-24-22-20(19)13-17(25-22)2-1-9-26;21-11-14-9-13(1-2-19(14)26-16-4-7-25-8-5-16)17-3-6-23-20-18(17)10-15(12-22)24-20/h1-8,13-14,22H,9-12,16-17H2,(H,29,30);2-6,9,12-13,15,20H,7-8,10-11H2,1H3,(H,28,31)(H,29,30,32);3-5,8,12-13,18,26H,6-7,9-11H2,(H,24,25);1-3,6,9-10,16H,4-5,7-8H2,(H,23,24). The van der Waals surface area contributed by atoms with Gasteiger partial charge in [-0.1, -0.05) is 42.3 Å². The van der Waals surface area contributed by atoms with Gasteiger partial charge in [0.1, 0.15) is 118 Å². The SMILES string of the molecule is CC(=O)Nc1ccc(-c2cc3c(-c4ccc(OC5CCOCC5)c(C#N)c4)ccnc3[nH]2)cn1.N#Cc1cc(-c2ccnc3[nH]c(-c4ccc(N5CCOCC5)cc4)cc23)ccc1OC1COC1.N#Cc1cc(-c2ccnc3[nH]c(C#CCO)cc23)ccc1OC1CCOCC1.N#Cc1cc2c(-c3ccc(OC4CCOCC4)c(C#N)c3)ccnc2[nH]1. The third kappa shape index (κ3) is 19.0. The topological polar surface area (TPSA) is 382 Å². The number of carbonyl (C=O) groups excluding carboxylic acids is 1. The Bertz CT molecular complexity index is 6420. The van der Waals surface area contributed by atoms with Crippen LogP contribution in [0.2, 0.25) is 0 Å². The van der Waals surface area contributed by atoms with Gasteiger partial charge in [0.05, 0.1) is 94.0 Å². The molecule has 0 bridgehead atoms. The van der Waals surface area contributed by atoms with E-state index in [1.807, 2.05) is 115 Å². The van der Waals surface area contributed by atoms with Gasteiger partial charge in [-0.3, -0.25) is 4.79 Å². The molecule has 5 aliphatic heterocycles. The molecule has 27 nitrogen and oxygen atoms in total. The molecule has 0 unspecified atom stereocenters. The van der Waals surface area contributed by atoms with E-state index in [2.05, 4.69) is 128 Å². The Morgan fingerprint density at radius 2 is 0.787 bits per heavy atom. The van der Waals surface area contributed by atoms with Crippen molar-refractivity contribution in [1.29, 1.82) is 26.3 Å². The summed E-state index contributed by atoms with van der Waals surface area (Å²) in [6.45, 7) is 9.88. The first-order valence-corrected chi connectivity index (χ1v) is 40.2. The number of fused-ring (bicyclic) bond motifs is 4. The monoisotopic (exact) mass is 1620 g/mol.